The summed E-state index contributed by atoms with van der Waals surface area (Å²) in [5.74, 6) is -0.572. The van der Waals surface area contributed by atoms with Crippen molar-refractivity contribution in [2.24, 2.45) is 0 Å². The smallest absolute Gasteiger partial charge is 0.310 e. The quantitative estimate of drug-likeness (QED) is 0.354. The first-order valence-electron chi connectivity index (χ1n) is 5.07. The Labute approximate surface area is 108 Å². The fraction of sp³-hybridized carbons (Fsp3) is 0.273. The lowest BCUT2D eigenvalue weighted by atomic mass is 10.0. The number of hydrogen-bond acceptors (Lipinski definition) is 5. The molecule has 1 aromatic carbocycles. The zero-order chi connectivity index (χ0) is 13.7. The van der Waals surface area contributed by atoms with Gasteiger partial charge < -0.3 is 4.74 Å². The standard InChI is InChI=1S/C11H10ClNO5/c1-2-18-11(15)4-7-3-8(13(16)17)5-10(12)9(7)6-14/h3,5-6H,2,4H2,1H3. The first-order chi connectivity index (χ1) is 8.49. The van der Waals surface area contributed by atoms with Crippen LogP contribution in [0.1, 0.15) is 22.8 Å². The molecule has 1 rings (SSSR count). The largest absolute Gasteiger partial charge is 0.466 e. The molecule has 96 valence electrons. The first kappa shape index (κ1) is 14.1. The molecule has 0 bridgehead atoms. The molecule has 0 N–H and O–H groups in total. The minimum absolute atomic E-state index is 0.0569. The van der Waals surface area contributed by atoms with E-state index >= 15 is 0 Å². The van der Waals surface area contributed by atoms with Gasteiger partial charge in [-0.1, -0.05) is 11.6 Å². The summed E-state index contributed by atoms with van der Waals surface area (Å²) in [5.41, 5.74) is -0.0251. The molecular formula is C11H10ClNO5. The van der Waals surface area contributed by atoms with Crippen molar-refractivity contribution in [1.82, 2.24) is 0 Å². The Morgan fingerprint density at radius 2 is 2.22 bits per heavy atom. The summed E-state index contributed by atoms with van der Waals surface area (Å²) in [6.45, 7) is 1.83. The van der Waals surface area contributed by atoms with Crippen LogP contribution in [0.5, 0.6) is 0 Å². The average molecular weight is 272 g/mol. The molecule has 0 aliphatic carbocycles. The Kier molecular flexibility index (Phi) is 4.79. The van der Waals surface area contributed by atoms with Gasteiger partial charge in [-0.05, 0) is 12.5 Å². The summed E-state index contributed by atoms with van der Waals surface area (Å²) in [4.78, 5) is 32.2. The fourth-order valence-electron chi connectivity index (χ4n) is 1.41. The molecule has 0 aliphatic heterocycles. The number of aldehydes is 1. The summed E-state index contributed by atoms with van der Waals surface area (Å²) in [6, 6.07) is 2.21. The number of rotatable bonds is 5. The Morgan fingerprint density at radius 1 is 1.56 bits per heavy atom. The highest BCUT2D eigenvalue weighted by Gasteiger charge is 2.17. The molecule has 0 radical (unpaired) electrons. The van der Waals surface area contributed by atoms with Crippen LogP contribution >= 0.6 is 11.6 Å². The van der Waals surface area contributed by atoms with Gasteiger partial charge in [0.15, 0.2) is 6.29 Å². The van der Waals surface area contributed by atoms with Gasteiger partial charge in [-0.2, -0.15) is 0 Å². The minimum atomic E-state index is -0.644. The third kappa shape index (κ3) is 3.27. The number of ether oxygens (including phenoxy) is 1. The molecule has 0 heterocycles. The van der Waals surface area contributed by atoms with Crippen LogP contribution < -0.4 is 0 Å². The van der Waals surface area contributed by atoms with Crippen LogP contribution in [0.3, 0.4) is 0 Å². The van der Waals surface area contributed by atoms with Gasteiger partial charge in [0, 0.05) is 17.7 Å². The van der Waals surface area contributed by atoms with Crippen LogP contribution in [-0.2, 0) is 16.0 Å². The van der Waals surface area contributed by atoms with E-state index in [0.29, 0.717) is 6.29 Å². The predicted octanol–water partition coefficient (Wildman–Crippen LogP) is 2.17. The molecule has 6 nitrogen and oxygen atoms in total. The van der Waals surface area contributed by atoms with Gasteiger partial charge in [0.2, 0.25) is 0 Å². The summed E-state index contributed by atoms with van der Waals surface area (Å²) in [6.07, 6.45) is 0.226. The maximum Gasteiger partial charge on any atom is 0.310 e. The van der Waals surface area contributed by atoms with Gasteiger partial charge >= 0.3 is 5.97 Å². The zero-order valence-electron chi connectivity index (χ0n) is 9.51. The SMILES string of the molecule is CCOC(=O)Cc1cc([N+](=O)[O-])cc(Cl)c1C=O. The Bertz CT molecular complexity index is 500. The third-order valence-corrected chi connectivity index (χ3v) is 2.48. The summed E-state index contributed by atoms with van der Waals surface area (Å²) in [7, 11) is 0. The topological polar surface area (TPSA) is 86.5 Å². The van der Waals surface area contributed by atoms with Gasteiger partial charge in [-0.15, -0.1) is 0 Å². The van der Waals surface area contributed by atoms with Gasteiger partial charge in [0.1, 0.15) is 0 Å². The second kappa shape index (κ2) is 6.11. The van der Waals surface area contributed by atoms with Gasteiger partial charge in [-0.25, -0.2) is 0 Å². The van der Waals surface area contributed by atoms with E-state index < -0.39 is 10.9 Å². The normalized spacial score (nSPS) is 9.89. The lowest BCUT2D eigenvalue weighted by molar-refractivity contribution is -0.384. The van der Waals surface area contributed by atoms with Gasteiger partial charge in [0.05, 0.1) is 23.0 Å². The molecule has 0 aromatic heterocycles. The van der Waals surface area contributed by atoms with Crippen molar-refractivity contribution >= 4 is 29.5 Å². The van der Waals surface area contributed by atoms with Crippen molar-refractivity contribution in [3.05, 3.63) is 38.4 Å². The van der Waals surface area contributed by atoms with E-state index in [4.69, 9.17) is 16.3 Å². The molecule has 0 saturated carbocycles. The maximum atomic E-state index is 11.3. The van der Waals surface area contributed by atoms with E-state index in [9.17, 15) is 19.7 Å². The number of benzene rings is 1. The van der Waals surface area contributed by atoms with Crippen molar-refractivity contribution < 1.29 is 19.2 Å². The molecule has 18 heavy (non-hydrogen) atoms. The lowest BCUT2D eigenvalue weighted by Crippen LogP contribution is -2.10. The van der Waals surface area contributed by atoms with E-state index in [0.717, 1.165) is 12.1 Å². The third-order valence-electron chi connectivity index (χ3n) is 2.17. The summed E-state index contributed by atoms with van der Waals surface area (Å²) in [5, 5.41) is 10.6. The van der Waals surface area contributed by atoms with E-state index in [2.05, 4.69) is 0 Å². The number of carbonyl (C=O) groups is 2. The van der Waals surface area contributed by atoms with E-state index in [-0.39, 0.29) is 34.9 Å². The van der Waals surface area contributed by atoms with E-state index in [1.807, 2.05) is 0 Å². The highest BCUT2D eigenvalue weighted by atomic mass is 35.5. The van der Waals surface area contributed by atoms with Crippen molar-refractivity contribution in [3.8, 4) is 0 Å². The second-order valence-electron chi connectivity index (χ2n) is 3.36. The average Bonchev–Trinajstić information content (AvgIpc) is 2.28. The molecule has 0 unspecified atom stereocenters. The van der Waals surface area contributed by atoms with Crippen LogP contribution in [0, 0.1) is 10.1 Å². The van der Waals surface area contributed by atoms with Crippen LogP contribution in [0.4, 0.5) is 5.69 Å². The molecule has 0 fully saturated rings. The number of esters is 1. The summed E-state index contributed by atoms with van der Waals surface area (Å²) < 4.78 is 4.72. The van der Waals surface area contributed by atoms with Crippen molar-refractivity contribution in [2.75, 3.05) is 6.61 Å². The predicted molar refractivity (Wildman–Crippen MR) is 63.8 cm³/mol. The first-order valence-corrected chi connectivity index (χ1v) is 5.45. The van der Waals surface area contributed by atoms with E-state index in [1.54, 1.807) is 6.92 Å². The Hall–Kier alpha value is -1.95. The molecule has 0 amide bonds. The maximum absolute atomic E-state index is 11.3. The number of nitro benzene ring substituents is 1. The Morgan fingerprint density at radius 3 is 2.72 bits per heavy atom. The Balaban J connectivity index is 3.18. The fourth-order valence-corrected chi connectivity index (χ4v) is 1.69. The number of nitrogens with zero attached hydrogens (tertiary/aromatic N) is 1. The molecule has 0 atom stereocenters. The van der Waals surface area contributed by atoms with Gasteiger partial charge in [0.25, 0.3) is 5.69 Å². The number of nitro groups is 1. The van der Waals surface area contributed by atoms with Crippen molar-refractivity contribution in [2.45, 2.75) is 13.3 Å². The van der Waals surface area contributed by atoms with Crippen LogP contribution in [-0.4, -0.2) is 23.8 Å². The molecule has 0 aliphatic rings. The molecule has 7 heteroatoms. The number of non-ortho nitro benzene ring substituents is 1. The van der Waals surface area contributed by atoms with Crippen LogP contribution in [0.15, 0.2) is 12.1 Å². The molecular weight excluding hydrogens is 262 g/mol. The molecule has 0 spiro atoms. The van der Waals surface area contributed by atoms with Crippen LogP contribution in [0.2, 0.25) is 5.02 Å². The number of carbonyl (C=O) groups excluding carboxylic acids is 2. The highest BCUT2D eigenvalue weighted by molar-refractivity contribution is 6.33. The van der Waals surface area contributed by atoms with Crippen molar-refractivity contribution in [1.29, 1.82) is 0 Å². The van der Waals surface area contributed by atoms with Crippen LogP contribution in [0.25, 0.3) is 0 Å². The molecule has 0 saturated heterocycles. The zero-order valence-corrected chi connectivity index (χ0v) is 10.3. The number of halogens is 1. The summed E-state index contributed by atoms with van der Waals surface area (Å²) >= 11 is 5.75. The minimum Gasteiger partial charge on any atom is -0.466 e. The van der Waals surface area contributed by atoms with Gasteiger partial charge in [-0.3, -0.25) is 19.7 Å². The number of hydrogen-bond donors (Lipinski definition) is 0. The highest BCUT2D eigenvalue weighted by Crippen LogP contribution is 2.26. The second-order valence-corrected chi connectivity index (χ2v) is 3.76. The van der Waals surface area contributed by atoms with E-state index in [1.165, 1.54) is 0 Å². The monoisotopic (exact) mass is 271 g/mol. The lowest BCUT2D eigenvalue weighted by Gasteiger charge is -2.06. The van der Waals surface area contributed by atoms with Crippen molar-refractivity contribution in [3.63, 3.8) is 0 Å². The molecule has 1 aromatic rings.